The molecule has 2 rings (SSSR count). The largest absolute Gasteiger partial charge is 0.504 e. The van der Waals surface area contributed by atoms with Crippen LogP contribution in [0.4, 0.5) is 0 Å². The van der Waals surface area contributed by atoms with Crippen LogP contribution in [0.25, 0.3) is 12.2 Å². The predicted octanol–water partition coefficient (Wildman–Crippen LogP) is 4.24. The highest BCUT2D eigenvalue weighted by atomic mass is 16.5. The second-order valence-electron chi connectivity index (χ2n) is 5.25. The second kappa shape index (κ2) is 7.58. The molecule has 23 heavy (non-hydrogen) atoms. The summed E-state index contributed by atoms with van der Waals surface area (Å²) < 4.78 is 10.3. The molecule has 2 N–H and O–H groups in total. The van der Waals surface area contributed by atoms with Gasteiger partial charge in [-0.05, 0) is 41.8 Å². The number of phenols is 2. The lowest BCUT2D eigenvalue weighted by atomic mass is 10.0. The summed E-state index contributed by atoms with van der Waals surface area (Å²) in [6, 6.07) is 8.90. The Kier molecular flexibility index (Phi) is 5.52. The van der Waals surface area contributed by atoms with Crippen molar-refractivity contribution >= 4 is 12.2 Å². The zero-order chi connectivity index (χ0) is 16.8. The molecule has 0 aliphatic rings. The van der Waals surface area contributed by atoms with Crippen LogP contribution in [0.2, 0.25) is 0 Å². The molecule has 0 amide bonds. The monoisotopic (exact) mass is 314 g/mol. The van der Waals surface area contributed by atoms with Gasteiger partial charge >= 0.3 is 0 Å². The van der Waals surface area contributed by atoms with Crippen LogP contribution in [0.3, 0.4) is 0 Å². The Balaban J connectivity index is 2.36. The average Bonchev–Trinajstić information content (AvgIpc) is 2.56. The Labute approximate surface area is 136 Å². The van der Waals surface area contributed by atoms with Crippen molar-refractivity contribution in [1.82, 2.24) is 0 Å². The first-order chi connectivity index (χ1) is 11.1. The molecule has 2 aromatic rings. The number of phenolic OH excluding ortho intramolecular Hbond substituents is 2. The maximum Gasteiger partial charge on any atom is 0.165 e. The molecule has 4 heteroatoms. The normalized spacial score (nSPS) is 10.9. The molecule has 0 atom stereocenters. The van der Waals surface area contributed by atoms with Gasteiger partial charge in [-0.3, -0.25) is 0 Å². The van der Waals surface area contributed by atoms with Crippen LogP contribution >= 0.6 is 0 Å². The van der Waals surface area contributed by atoms with Crippen molar-refractivity contribution in [1.29, 1.82) is 0 Å². The number of aryl methyl sites for hydroxylation is 1. The van der Waals surface area contributed by atoms with E-state index in [1.807, 2.05) is 24.3 Å². The van der Waals surface area contributed by atoms with Gasteiger partial charge in [0.15, 0.2) is 23.0 Å². The third-order valence-corrected chi connectivity index (χ3v) is 3.58. The van der Waals surface area contributed by atoms with Crippen LogP contribution in [-0.2, 0) is 6.42 Å². The summed E-state index contributed by atoms with van der Waals surface area (Å²) in [6.07, 6.45) is 5.62. The van der Waals surface area contributed by atoms with Gasteiger partial charge in [0, 0.05) is 5.56 Å². The molecule has 0 saturated carbocycles. The zero-order valence-corrected chi connectivity index (χ0v) is 13.7. The van der Waals surface area contributed by atoms with Crippen molar-refractivity contribution in [3.8, 4) is 23.0 Å². The van der Waals surface area contributed by atoms with E-state index < -0.39 is 0 Å². The lowest BCUT2D eigenvalue weighted by Crippen LogP contribution is -1.91. The molecule has 0 aliphatic carbocycles. The number of hydrogen-bond acceptors (Lipinski definition) is 4. The molecule has 0 aliphatic heterocycles. The SMILES string of the molecule is CCCc1cc(C=Cc2ccc(O)c(OC)c2)c(O)c(OC)c1. The first kappa shape index (κ1) is 16.7. The van der Waals surface area contributed by atoms with E-state index >= 15 is 0 Å². The van der Waals surface area contributed by atoms with Crippen molar-refractivity contribution in [3.05, 3.63) is 47.0 Å². The van der Waals surface area contributed by atoms with E-state index in [-0.39, 0.29) is 11.5 Å². The highest BCUT2D eigenvalue weighted by Crippen LogP contribution is 2.34. The van der Waals surface area contributed by atoms with Gasteiger partial charge in [0.2, 0.25) is 0 Å². The summed E-state index contributed by atoms with van der Waals surface area (Å²) in [5.74, 6) is 1.10. The van der Waals surface area contributed by atoms with E-state index in [2.05, 4.69) is 6.92 Å². The van der Waals surface area contributed by atoms with Gasteiger partial charge in [0.05, 0.1) is 14.2 Å². The van der Waals surface area contributed by atoms with E-state index in [0.717, 1.165) is 24.0 Å². The summed E-state index contributed by atoms with van der Waals surface area (Å²) >= 11 is 0. The molecular weight excluding hydrogens is 292 g/mol. The smallest absolute Gasteiger partial charge is 0.165 e. The van der Waals surface area contributed by atoms with E-state index in [1.165, 1.54) is 7.11 Å². The first-order valence-electron chi connectivity index (χ1n) is 7.54. The molecular formula is C19H22O4. The fraction of sp³-hybridized carbons (Fsp3) is 0.263. The maximum atomic E-state index is 10.3. The minimum absolute atomic E-state index is 0.0964. The number of ether oxygens (including phenoxy) is 2. The van der Waals surface area contributed by atoms with Gasteiger partial charge in [-0.1, -0.05) is 31.6 Å². The zero-order valence-electron chi connectivity index (χ0n) is 13.7. The van der Waals surface area contributed by atoms with Gasteiger partial charge in [0.1, 0.15) is 0 Å². The molecule has 4 nitrogen and oxygen atoms in total. The van der Waals surface area contributed by atoms with Gasteiger partial charge in [-0.25, -0.2) is 0 Å². The summed E-state index contributed by atoms with van der Waals surface area (Å²) in [6.45, 7) is 2.11. The number of benzene rings is 2. The van der Waals surface area contributed by atoms with Crippen molar-refractivity contribution in [3.63, 3.8) is 0 Å². The molecule has 0 saturated heterocycles. The second-order valence-corrected chi connectivity index (χ2v) is 5.25. The molecule has 122 valence electrons. The Morgan fingerprint density at radius 1 is 0.957 bits per heavy atom. The average molecular weight is 314 g/mol. The Morgan fingerprint density at radius 3 is 2.35 bits per heavy atom. The van der Waals surface area contributed by atoms with Gasteiger partial charge in [-0.15, -0.1) is 0 Å². The lowest BCUT2D eigenvalue weighted by molar-refractivity contribution is 0.372. The van der Waals surface area contributed by atoms with E-state index in [9.17, 15) is 10.2 Å². The van der Waals surface area contributed by atoms with Crippen LogP contribution in [0.15, 0.2) is 30.3 Å². The minimum atomic E-state index is 0.0964. The van der Waals surface area contributed by atoms with Gasteiger partial charge in [-0.2, -0.15) is 0 Å². The molecule has 0 bridgehead atoms. The third-order valence-electron chi connectivity index (χ3n) is 3.58. The molecule has 0 aromatic heterocycles. The lowest BCUT2D eigenvalue weighted by Gasteiger charge is -2.10. The van der Waals surface area contributed by atoms with Crippen molar-refractivity contribution in [2.24, 2.45) is 0 Å². The van der Waals surface area contributed by atoms with E-state index in [4.69, 9.17) is 9.47 Å². The Bertz CT molecular complexity index is 705. The molecule has 0 unspecified atom stereocenters. The number of aromatic hydroxyl groups is 2. The highest BCUT2D eigenvalue weighted by Gasteiger charge is 2.08. The van der Waals surface area contributed by atoms with Gasteiger partial charge in [0.25, 0.3) is 0 Å². The summed E-state index contributed by atoms with van der Waals surface area (Å²) in [5.41, 5.74) is 2.67. The standard InChI is InChI=1S/C19H22O4/c1-4-5-14-10-15(19(21)18(12-14)23-3)8-6-13-7-9-16(20)17(11-13)22-2/h6-12,20-21H,4-5H2,1-3H3. The van der Waals surface area contributed by atoms with E-state index in [0.29, 0.717) is 17.1 Å². The van der Waals surface area contributed by atoms with Gasteiger partial charge < -0.3 is 19.7 Å². The van der Waals surface area contributed by atoms with Crippen molar-refractivity contribution < 1.29 is 19.7 Å². The molecule has 0 heterocycles. The maximum absolute atomic E-state index is 10.3. The number of hydrogen-bond donors (Lipinski definition) is 2. The van der Waals surface area contributed by atoms with Crippen LogP contribution in [0, 0.1) is 0 Å². The molecule has 0 radical (unpaired) electrons. The quantitative estimate of drug-likeness (QED) is 0.783. The Hall–Kier alpha value is -2.62. The van der Waals surface area contributed by atoms with Crippen LogP contribution in [0.1, 0.15) is 30.0 Å². The summed E-state index contributed by atoms with van der Waals surface area (Å²) in [7, 11) is 3.05. The summed E-state index contributed by atoms with van der Waals surface area (Å²) in [4.78, 5) is 0. The number of methoxy groups -OCH3 is 2. The Morgan fingerprint density at radius 2 is 1.70 bits per heavy atom. The van der Waals surface area contributed by atoms with Crippen molar-refractivity contribution in [2.45, 2.75) is 19.8 Å². The molecule has 2 aromatic carbocycles. The minimum Gasteiger partial charge on any atom is -0.504 e. The third kappa shape index (κ3) is 3.97. The fourth-order valence-corrected chi connectivity index (χ4v) is 2.39. The fourth-order valence-electron chi connectivity index (χ4n) is 2.39. The predicted molar refractivity (Wildman–Crippen MR) is 92.2 cm³/mol. The van der Waals surface area contributed by atoms with Crippen LogP contribution < -0.4 is 9.47 Å². The van der Waals surface area contributed by atoms with Crippen LogP contribution in [-0.4, -0.2) is 24.4 Å². The summed E-state index contributed by atoms with van der Waals surface area (Å²) in [5, 5.41) is 19.9. The van der Waals surface area contributed by atoms with Crippen molar-refractivity contribution in [2.75, 3.05) is 14.2 Å². The molecule has 0 spiro atoms. The topological polar surface area (TPSA) is 58.9 Å². The first-order valence-corrected chi connectivity index (χ1v) is 7.54. The van der Waals surface area contributed by atoms with E-state index in [1.54, 1.807) is 25.3 Å². The molecule has 0 fully saturated rings. The number of rotatable bonds is 6. The highest BCUT2D eigenvalue weighted by molar-refractivity contribution is 5.75. The van der Waals surface area contributed by atoms with Crippen LogP contribution in [0.5, 0.6) is 23.0 Å².